The third kappa shape index (κ3) is 5.01. The maximum absolute atomic E-state index is 5.72. The van der Waals surface area contributed by atoms with Crippen LogP contribution >= 0.6 is 7.92 Å². The van der Waals surface area contributed by atoms with Gasteiger partial charge in [0.05, 0.1) is 26.6 Å². The maximum atomic E-state index is 5.72. The molecule has 0 amide bonds. The molecule has 132 valence electrons. The Kier molecular flexibility index (Phi) is 8.76. The molecule has 2 unspecified atom stereocenters. The Morgan fingerprint density at radius 1 is 0.826 bits per heavy atom. The SMILES string of the molecule is CCCC(C)P(c1c(OC)cc(OC)cc1OC)C(C)CCC. The van der Waals surface area contributed by atoms with Gasteiger partial charge >= 0.3 is 0 Å². The molecule has 1 aromatic rings. The van der Waals surface area contributed by atoms with Crippen LogP contribution in [0, 0.1) is 0 Å². The fraction of sp³-hybridized carbons (Fsp3) is 0.684. The van der Waals surface area contributed by atoms with E-state index in [1.807, 2.05) is 12.1 Å². The minimum Gasteiger partial charge on any atom is -0.496 e. The lowest BCUT2D eigenvalue weighted by molar-refractivity contribution is 0.380. The molecular formula is C19H33O3P. The van der Waals surface area contributed by atoms with Crippen LogP contribution in [0.2, 0.25) is 0 Å². The highest BCUT2D eigenvalue weighted by Crippen LogP contribution is 2.53. The molecule has 0 bridgehead atoms. The molecule has 0 N–H and O–H groups in total. The van der Waals surface area contributed by atoms with Gasteiger partial charge < -0.3 is 14.2 Å². The van der Waals surface area contributed by atoms with Crippen LogP contribution in [-0.4, -0.2) is 32.6 Å². The molecule has 0 aromatic heterocycles. The van der Waals surface area contributed by atoms with Crippen molar-refractivity contribution in [1.29, 1.82) is 0 Å². The molecule has 0 heterocycles. The number of hydrogen-bond donors (Lipinski definition) is 0. The summed E-state index contributed by atoms with van der Waals surface area (Å²) in [6, 6.07) is 3.98. The van der Waals surface area contributed by atoms with Gasteiger partial charge in [-0.05, 0) is 24.2 Å². The van der Waals surface area contributed by atoms with Gasteiger partial charge in [-0.25, -0.2) is 0 Å². The van der Waals surface area contributed by atoms with Gasteiger partial charge in [-0.1, -0.05) is 48.5 Å². The average molecular weight is 340 g/mol. The zero-order valence-corrected chi connectivity index (χ0v) is 16.7. The van der Waals surface area contributed by atoms with Gasteiger partial charge in [0.15, 0.2) is 0 Å². The Bertz CT molecular complexity index is 439. The van der Waals surface area contributed by atoms with E-state index in [0.717, 1.165) is 17.2 Å². The molecule has 0 saturated heterocycles. The first kappa shape index (κ1) is 20.1. The van der Waals surface area contributed by atoms with Gasteiger partial charge in [0.25, 0.3) is 0 Å². The lowest BCUT2D eigenvalue weighted by Crippen LogP contribution is -2.22. The van der Waals surface area contributed by atoms with E-state index in [-0.39, 0.29) is 7.92 Å². The Balaban J connectivity index is 3.43. The van der Waals surface area contributed by atoms with Crippen LogP contribution in [0.25, 0.3) is 0 Å². The van der Waals surface area contributed by atoms with Crippen molar-refractivity contribution >= 4 is 13.2 Å². The number of methoxy groups -OCH3 is 3. The monoisotopic (exact) mass is 340 g/mol. The van der Waals surface area contributed by atoms with Crippen LogP contribution in [0.15, 0.2) is 12.1 Å². The summed E-state index contributed by atoms with van der Waals surface area (Å²) >= 11 is 0. The van der Waals surface area contributed by atoms with Crippen molar-refractivity contribution < 1.29 is 14.2 Å². The fourth-order valence-corrected chi connectivity index (χ4v) is 6.87. The molecular weight excluding hydrogens is 307 g/mol. The summed E-state index contributed by atoms with van der Waals surface area (Å²) in [4.78, 5) is 0. The molecule has 2 atom stereocenters. The van der Waals surface area contributed by atoms with E-state index in [9.17, 15) is 0 Å². The summed E-state index contributed by atoms with van der Waals surface area (Å²) in [6.45, 7) is 9.28. The summed E-state index contributed by atoms with van der Waals surface area (Å²) in [5.41, 5.74) is 1.29. The van der Waals surface area contributed by atoms with Gasteiger partial charge in [0, 0.05) is 12.1 Å². The Hall–Kier alpha value is -0.950. The van der Waals surface area contributed by atoms with E-state index in [1.165, 1.54) is 31.0 Å². The molecule has 4 heteroatoms. The van der Waals surface area contributed by atoms with Crippen LogP contribution in [0.1, 0.15) is 53.4 Å². The maximum Gasteiger partial charge on any atom is 0.133 e. The van der Waals surface area contributed by atoms with Crippen LogP contribution in [-0.2, 0) is 0 Å². The number of hydrogen-bond acceptors (Lipinski definition) is 3. The van der Waals surface area contributed by atoms with Gasteiger partial charge in [-0.15, -0.1) is 0 Å². The topological polar surface area (TPSA) is 27.7 Å². The van der Waals surface area contributed by atoms with E-state index in [4.69, 9.17) is 14.2 Å². The minimum absolute atomic E-state index is 0.366. The quantitative estimate of drug-likeness (QED) is 0.548. The molecule has 3 nitrogen and oxygen atoms in total. The fourth-order valence-electron chi connectivity index (χ4n) is 3.23. The highest BCUT2D eigenvalue weighted by atomic mass is 31.1. The highest BCUT2D eigenvalue weighted by molar-refractivity contribution is 7.67. The molecule has 0 aliphatic heterocycles. The first-order valence-corrected chi connectivity index (χ1v) is 10.1. The van der Waals surface area contributed by atoms with Crippen molar-refractivity contribution in [3.8, 4) is 17.2 Å². The highest BCUT2D eigenvalue weighted by Gasteiger charge is 2.30. The molecule has 0 fully saturated rings. The summed E-state index contributed by atoms with van der Waals surface area (Å²) < 4.78 is 16.8. The standard InChI is InChI=1S/C19H33O3P/c1-8-10-14(3)23(15(4)11-9-2)19-17(21-6)12-16(20-5)13-18(19)22-7/h12-15H,8-11H2,1-7H3. The third-order valence-corrected chi connectivity index (χ3v) is 7.68. The smallest absolute Gasteiger partial charge is 0.133 e. The van der Waals surface area contributed by atoms with E-state index < -0.39 is 0 Å². The summed E-state index contributed by atoms with van der Waals surface area (Å²) in [6.07, 6.45) is 4.88. The molecule has 0 aliphatic carbocycles. The predicted molar refractivity (Wildman–Crippen MR) is 101 cm³/mol. The van der Waals surface area contributed by atoms with E-state index in [0.29, 0.717) is 11.3 Å². The molecule has 23 heavy (non-hydrogen) atoms. The normalized spacial score (nSPS) is 14.9. The first-order chi connectivity index (χ1) is 11.0. The number of ether oxygens (including phenoxy) is 3. The molecule has 0 radical (unpaired) electrons. The van der Waals surface area contributed by atoms with Crippen molar-refractivity contribution in [2.24, 2.45) is 0 Å². The Morgan fingerprint density at radius 2 is 1.26 bits per heavy atom. The average Bonchev–Trinajstić information content (AvgIpc) is 2.55. The third-order valence-electron chi connectivity index (χ3n) is 4.31. The van der Waals surface area contributed by atoms with E-state index >= 15 is 0 Å². The predicted octanol–water partition coefficient (Wildman–Crippen LogP) is 5.20. The lowest BCUT2D eigenvalue weighted by atomic mass is 10.2. The van der Waals surface area contributed by atoms with Gasteiger partial charge in [0.2, 0.25) is 0 Å². The first-order valence-electron chi connectivity index (χ1n) is 8.62. The summed E-state index contributed by atoms with van der Waals surface area (Å²) in [5.74, 6) is 2.58. The van der Waals surface area contributed by atoms with Crippen LogP contribution < -0.4 is 19.5 Å². The molecule has 0 saturated carbocycles. The Morgan fingerprint density at radius 3 is 1.57 bits per heavy atom. The van der Waals surface area contributed by atoms with Gasteiger partial charge in [0.1, 0.15) is 17.2 Å². The second kappa shape index (κ2) is 10.0. The summed E-state index contributed by atoms with van der Waals surface area (Å²) in [5, 5.41) is 1.26. The number of benzene rings is 1. The Labute approximate surface area is 143 Å². The van der Waals surface area contributed by atoms with Gasteiger partial charge in [-0.2, -0.15) is 0 Å². The molecule has 1 aromatic carbocycles. The second-order valence-electron chi connectivity index (χ2n) is 6.06. The molecule has 1 rings (SSSR count). The van der Waals surface area contributed by atoms with Crippen molar-refractivity contribution in [3.05, 3.63) is 12.1 Å². The van der Waals surface area contributed by atoms with Gasteiger partial charge in [-0.3, -0.25) is 0 Å². The van der Waals surface area contributed by atoms with Crippen LogP contribution in [0.5, 0.6) is 17.2 Å². The zero-order valence-electron chi connectivity index (χ0n) is 15.8. The van der Waals surface area contributed by atoms with Crippen molar-refractivity contribution in [2.45, 2.75) is 64.7 Å². The number of rotatable bonds is 10. The minimum atomic E-state index is -0.366. The van der Waals surface area contributed by atoms with Crippen LogP contribution in [0.4, 0.5) is 0 Å². The second-order valence-corrected chi connectivity index (χ2v) is 9.09. The van der Waals surface area contributed by atoms with Crippen molar-refractivity contribution in [2.75, 3.05) is 21.3 Å². The zero-order chi connectivity index (χ0) is 17.4. The molecule has 0 spiro atoms. The largest absolute Gasteiger partial charge is 0.496 e. The van der Waals surface area contributed by atoms with E-state index in [1.54, 1.807) is 21.3 Å². The molecule has 0 aliphatic rings. The van der Waals surface area contributed by atoms with Crippen molar-refractivity contribution in [3.63, 3.8) is 0 Å². The summed E-state index contributed by atoms with van der Waals surface area (Å²) in [7, 11) is 4.78. The van der Waals surface area contributed by atoms with E-state index in [2.05, 4.69) is 27.7 Å². The van der Waals surface area contributed by atoms with Crippen molar-refractivity contribution in [1.82, 2.24) is 0 Å². The van der Waals surface area contributed by atoms with Crippen LogP contribution in [0.3, 0.4) is 0 Å². The lowest BCUT2D eigenvalue weighted by Gasteiger charge is -2.33.